The molecule has 1 aromatic carbocycles. The number of benzene rings is 1. The fourth-order valence-corrected chi connectivity index (χ4v) is 5.03. The predicted molar refractivity (Wildman–Crippen MR) is 75.1 cm³/mol. The van der Waals surface area contributed by atoms with Crippen molar-refractivity contribution in [3.05, 3.63) is 29.8 Å². The molecule has 0 saturated carbocycles. The number of nitrogens with zero attached hydrogens (tertiary/aromatic N) is 1. The Hall–Kier alpha value is -0.810. The van der Waals surface area contributed by atoms with Crippen LogP contribution in [0.5, 0.6) is 0 Å². The lowest BCUT2D eigenvalue weighted by Gasteiger charge is -2.20. The summed E-state index contributed by atoms with van der Waals surface area (Å²) in [4.78, 5) is 12.3. The average molecular weight is 269 g/mol. The van der Waals surface area contributed by atoms with Crippen LogP contribution in [-0.2, 0) is 0 Å². The Morgan fingerprint density at radius 1 is 1.47 bits per heavy atom. The van der Waals surface area contributed by atoms with Gasteiger partial charge in [-0.3, -0.25) is 4.90 Å². The Labute approximate surface area is 110 Å². The summed E-state index contributed by atoms with van der Waals surface area (Å²) < 4.78 is 0.350. The Balaban J connectivity index is 2.30. The van der Waals surface area contributed by atoms with Crippen molar-refractivity contribution in [1.29, 1.82) is 0 Å². The van der Waals surface area contributed by atoms with Crippen LogP contribution in [0.15, 0.2) is 24.3 Å². The lowest BCUT2D eigenvalue weighted by molar-refractivity contribution is 0.203. The molecule has 0 radical (unpaired) electrons. The number of carbonyl (C=O) groups is 1. The van der Waals surface area contributed by atoms with Crippen LogP contribution in [0, 0.1) is 0 Å². The van der Waals surface area contributed by atoms with Crippen LogP contribution in [0.4, 0.5) is 10.5 Å². The number of amides is 1. The third kappa shape index (κ3) is 2.72. The highest BCUT2D eigenvalue weighted by Gasteiger charge is 2.27. The molecule has 2 rings (SSSR count). The minimum Gasteiger partial charge on any atom is -0.465 e. The van der Waals surface area contributed by atoms with Crippen molar-refractivity contribution >= 4 is 35.3 Å². The minimum absolute atomic E-state index is 0.350. The number of carboxylic acid groups (broad SMARTS) is 1. The summed E-state index contributed by atoms with van der Waals surface area (Å²) in [6.45, 7) is 2.21. The number of para-hydroxylation sites is 1. The largest absolute Gasteiger partial charge is 0.465 e. The van der Waals surface area contributed by atoms with Crippen LogP contribution in [-0.4, -0.2) is 29.3 Å². The first-order valence-corrected chi connectivity index (χ1v) is 7.41. The molecule has 1 amide bonds. The van der Waals surface area contributed by atoms with Crippen LogP contribution in [0.2, 0.25) is 0 Å². The van der Waals surface area contributed by atoms with Crippen LogP contribution in [0.25, 0.3) is 0 Å². The molecule has 1 aliphatic heterocycles. The number of rotatable bonds is 2. The zero-order chi connectivity index (χ0) is 12.4. The first-order valence-electron chi connectivity index (χ1n) is 5.42. The predicted octanol–water partition coefficient (Wildman–Crippen LogP) is 3.67. The van der Waals surface area contributed by atoms with Gasteiger partial charge in [-0.25, -0.2) is 4.79 Å². The van der Waals surface area contributed by atoms with Gasteiger partial charge in [-0.1, -0.05) is 25.1 Å². The van der Waals surface area contributed by atoms with E-state index < -0.39 is 6.09 Å². The fraction of sp³-hybridized carbons (Fsp3) is 0.417. The van der Waals surface area contributed by atoms with E-state index in [1.165, 1.54) is 4.90 Å². The van der Waals surface area contributed by atoms with Gasteiger partial charge in [0.15, 0.2) is 0 Å². The molecule has 5 heteroatoms. The Morgan fingerprint density at radius 3 is 2.76 bits per heavy atom. The smallest absolute Gasteiger partial charge is 0.411 e. The zero-order valence-corrected chi connectivity index (χ0v) is 11.4. The Bertz CT molecular complexity index is 425. The maximum absolute atomic E-state index is 11.0. The summed E-state index contributed by atoms with van der Waals surface area (Å²) >= 11 is 3.80. The van der Waals surface area contributed by atoms with Gasteiger partial charge >= 0.3 is 6.09 Å². The summed E-state index contributed by atoms with van der Waals surface area (Å²) in [7, 11) is 1.59. The summed E-state index contributed by atoms with van der Waals surface area (Å²) in [5.74, 6) is 1.13. The van der Waals surface area contributed by atoms with E-state index in [1.807, 2.05) is 47.8 Å². The molecule has 92 valence electrons. The van der Waals surface area contributed by atoms with Crippen molar-refractivity contribution < 1.29 is 9.90 Å². The second-order valence-corrected chi connectivity index (χ2v) is 7.00. The molecule has 1 aliphatic rings. The molecule has 17 heavy (non-hydrogen) atoms. The number of thioether (sulfide) groups is 2. The van der Waals surface area contributed by atoms with E-state index in [-0.39, 0.29) is 0 Å². The van der Waals surface area contributed by atoms with Gasteiger partial charge in [0.2, 0.25) is 0 Å². The fourth-order valence-electron chi connectivity index (χ4n) is 1.77. The van der Waals surface area contributed by atoms with Crippen molar-refractivity contribution in [2.24, 2.45) is 0 Å². The number of anilines is 1. The van der Waals surface area contributed by atoms with Crippen LogP contribution in [0.1, 0.15) is 17.1 Å². The van der Waals surface area contributed by atoms with Crippen molar-refractivity contribution in [2.75, 3.05) is 17.7 Å². The van der Waals surface area contributed by atoms with Crippen LogP contribution >= 0.6 is 23.5 Å². The van der Waals surface area contributed by atoms with Gasteiger partial charge in [0.05, 0.1) is 10.3 Å². The highest BCUT2D eigenvalue weighted by Crippen LogP contribution is 2.51. The molecule has 0 aromatic heterocycles. The van der Waals surface area contributed by atoms with Gasteiger partial charge < -0.3 is 5.11 Å². The topological polar surface area (TPSA) is 40.5 Å². The van der Waals surface area contributed by atoms with Crippen molar-refractivity contribution in [2.45, 2.75) is 16.8 Å². The molecular formula is C12H15NO2S2. The normalized spacial score (nSPS) is 23.6. The van der Waals surface area contributed by atoms with Crippen molar-refractivity contribution in [3.63, 3.8) is 0 Å². The molecule has 1 saturated heterocycles. The summed E-state index contributed by atoms with van der Waals surface area (Å²) in [6.07, 6.45) is -0.918. The summed E-state index contributed by atoms with van der Waals surface area (Å²) in [5.41, 5.74) is 1.90. The second kappa shape index (κ2) is 5.23. The molecule has 1 fully saturated rings. The van der Waals surface area contributed by atoms with E-state index in [0.29, 0.717) is 9.83 Å². The lowest BCUT2D eigenvalue weighted by atomic mass is 10.2. The molecule has 1 N–H and O–H groups in total. The lowest BCUT2D eigenvalue weighted by Crippen LogP contribution is -2.25. The van der Waals surface area contributed by atoms with Crippen molar-refractivity contribution in [3.8, 4) is 0 Å². The van der Waals surface area contributed by atoms with Gasteiger partial charge in [0.25, 0.3) is 0 Å². The molecule has 0 aliphatic carbocycles. The maximum Gasteiger partial charge on any atom is 0.411 e. The van der Waals surface area contributed by atoms with E-state index in [4.69, 9.17) is 5.11 Å². The van der Waals surface area contributed by atoms with Gasteiger partial charge in [-0.05, 0) is 11.6 Å². The van der Waals surface area contributed by atoms with Crippen LogP contribution in [0.3, 0.4) is 0 Å². The highest BCUT2D eigenvalue weighted by molar-refractivity contribution is 8.19. The molecule has 2 unspecified atom stereocenters. The van der Waals surface area contributed by atoms with Gasteiger partial charge in [-0.2, -0.15) is 0 Å². The Kier molecular flexibility index (Phi) is 3.89. The first-order chi connectivity index (χ1) is 8.09. The standard InChI is InChI=1S/C12H15NO2S2/c1-8-7-16-11(17-8)9-5-3-4-6-10(9)13(2)12(14)15/h3-6,8,11H,7H2,1-2H3,(H,14,15). The zero-order valence-electron chi connectivity index (χ0n) is 9.79. The number of hydrogen-bond donors (Lipinski definition) is 1. The quantitative estimate of drug-likeness (QED) is 0.889. The van der Waals surface area contributed by atoms with Gasteiger partial charge in [-0.15, -0.1) is 23.5 Å². The highest BCUT2D eigenvalue weighted by atomic mass is 32.2. The number of hydrogen-bond acceptors (Lipinski definition) is 3. The third-order valence-corrected chi connectivity index (χ3v) is 6.01. The van der Waals surface area contributed by atoms with Crippen molar-refractivity contribution in [1.82, 2.24) is 0 Å². The van der Waals surface area contributed by atoms with Crippen LogP contribution < -0.4 is 4.90 Å². The molecule has 2 atom stereocenters. The maximum atomic E-state index is 11.0. The van der Waals surface area contributed by atoms with E-state index in [9.17, 15) is 4.79 Å². The first kappa shape index (κ1) is 12.6. The summed E-state index contributed by atoms with van der Waals surface area (Å²) in [5, 5.41) is 9.70. The molecule has 3 nitrogen and oxygen atoms in total. The molecule has 0 bridgehead atoms. The van der Waals surface area contributed by atoms with Gasteiger partial charge in [0, 0.05) is 18.1 Å². The monoisotopic (exact) mass is 269 g/mol. The van der Waals surface area contributed by atoms with E-state index in [2.05, 4.69) is 6.92 Å². The molecule has 1 aromatic rings. The molecule has 0 spiro atoms. The van der Waals surface area contributed by atoms with E-state index >= 15 is 0 Å². The molecular weight excluding hydrogens is 254 g/mol. The van der Waals surface area contributed by atoms with E-state index in [0.717, 1.165) is 17.0 Å². The SMILES string of the molecule is CC1CSC(c2ccccc2N(C)C(=O)O)S1. The average Bonchev–Trinajstić information content (AvgIpc) is 2.74. The molecule has 1 heterocycles. The summed E-state index contributed by atoms with van der Waals surface area (Å²) in [6, 6.07) is 7.75. The second-order valence-electron chi connectivity index (χ2n) is 4.01. The van der Waals surface area contributed by atoms with E-state index in [1.54, 1.807) is 7.05 Å². The minimum atomic E-state index is -0.918. The van der Waals surface area contributed by atoms with Gasteiger partial charge in [0.1, 0.15) is 0 Å². The third-order valence-electron chi connectivity index (χ3n) is 2.68. The Morgan fingerprint density at radius 2 is 2.18 bits per heavy atom.